The van der Waals surface area contributed by atoms with Crippen molar-refractivity contribution in [2.75, 3.05) is 69.5 Å². The van der Waals surface area contributed by atoms with Gasteiger partial charge in [0, 0.05) is 51.0 Å². The second-order valence-electron chi connectivity index (χ2n) is 10.6. The van der Waals surface area contributed by atoms with Gasteiger partial charge in [-0.15, -0.1) is 0 Å². The number of nitrogens with one attached hydrogen (secondary N) is 2. The molecule has 0 bridgehead atoms. The highest BCUT2D eigenvalue weighted by atomic mass is 16.5. The average molecular weight is 542 g/mol. The van der Waals surface area contributed by atoms with Crippen molar-refractivity contribution in [2.24, 2.45) is 0 Å². The van der Waals surface area contributed by atoms with E-state index >= 15 is 0 Å². The molecule has 0 aliphatic carbocycles. The lowest BCUT2D eigenvalue weighted by molar-refractivity contribution is -0.0661. The van der Waals surface area contributed by atoms with Gasteiger partial charge in [-0.3, -0.25) is 14.5 Å². The minimum atomic E-state index is -0.433. The van der Waals surface area contributed by atoms with Crippen LogP contribution in [0, 0.1) is 0 Å². The second kappa shape index (κ2) is 12.5. The third-order valence-electron chi connectivity index (χ3n) is 7.96. The van der Waals surface area contributed by atoms with Crippen LogP contribution in [0.5, 0.6) is 0 Å². The summed E-state index contributed by atoms with van der Waals surface area (Å²) < 4.78 is 22.1. The maximum Gasteiger partial charge on any atom is 0.298 e. The summed E-state index contributed by atoms with van der Waals surface area (Å²) >= 11 is 0. The minimum Gasteiger partial charge on any atom is -0.431 e. The van der Waals surface area contributed by atoms with Gasteiger partial charge >= 0.3 is 0 Å². The van der Waals surface area contributed by atoms with Gasteiger partial charge in [0.25, 0.3) is 17.8 Å². The summed E-state index contributed by atoms with van der Waals surface area (Å²) in [7, 11) is 0. The van der Waals surface area contributed by atoms with Gasteiger partial charge in [-0.2, -0.15) is 4.98 Å². The number of anilines is 2. The van der Waals surface area contributed by atoms with Crippen LogP contribution in [0.1, 0.15) is 59.5 Å². The highest BCUT2D eigenvalue weighted by molar-refractivity contribution is 6.08. The molecule has 5 rings (SSSR count). The topological polar surface area (TPSA) is 118 Å². The first kappa shape index (κ1) is 27.6. The predicted octanol–water partition coefficient (Wildman–Crippen LogP) is 2.67. The minimum absolute atomic E-state index is 0.0349. The maximum atomic E-state index is 13.5. The quantitative estimate of drug-likeness (QED) is 0.520. The molecule has 1 aromatic carbocycles. The van der Waals surface area contributed by atoms with Crippen LogP contribution in [-0.2, 0) is 20.8 Å². The van der Waals surface area contributed by atoms with E-state index in [0.717, 1.165) is 31.4 Å². The lowest BCUT2D eigenvalue weighted by atomic mass is 9.95. The number of benzene rings is 1. The van der Waals surface area contributed by atoms with Crippen molar-refractivity contribution in [3.8, 4) is 0 Å². The van der Waals surface area contributed by atoms with E-state index in [2.05, 4.69) is 34.4 Å². The Kier molecular flexibility index (Phi) is 8.81. The van der Waals surface area contributed by atoms with E-state index in [9.17, 15) is 9.59 Å². The summed E-state index contributed by atoms with van der Waals surface area (Å²) in [4.78, 5) is 35.4. The molecule has 0 spiro atoms. The van der Waals surface area contributed by atoms with Crippen LogP contribution in [-0.4, -0.2) is 92.6 Å². The van der Waals surface area contributed by atoms with E-state index in [4.69, 9.17) is 18.6 Å². The molecule has 0 radical (unpaired) electrons. The number of hydrogen-bond acceptors (Lipinski definition) is 9. The number of rotatable bonds is 8. The fourth-order valence-electron chi connectivity index (χ4n) is 5.19. The molecule has 3 fully saturated rings. The predicted molar refractivity (Wildman–Crippen MR) is 145 cm³/mol. The van der Waals surface area contributed by atoms with Gasteiger partial charge in [0.1, 0.15) is 6.26 Å². The summed E-state index contributed by atoms with van der Waals surface area (Å²) in [5, 5.41) is 6.03. The van der Waals surface area contributed by atoms with E-state index in [-0.39, 0.29) is 23.2 Å². The Morgan fingerprint density at radius 1 is 1.03 bits per heavy atom. The molecule has 2 amide bonds. The van der Waals surface area contributed by atoms with Crippen LogP contribution in [0.25, 0.3) is 0 Å². The number of amides is 2. The number of hydrogen-bond donors (Lipinski definition) is 2. The van der Waals surface area contributed by atoms with Crippen LogP contribution in [0.4, 0.5) is 11.7 Å². The number of oxazole rings is 1. The third kappa shape index (κ3) is 6.60. The molecule has 1 atom stereocenters. The molecule has 3 aliphatic rings. The standard InChI is InChI=1S/C28H39N5O6/c1-3-28(2)19-38-15-10-33(28)17-20-4-5-23(22(16-20)25(34)29-21-6-11-36-12-7-21)30-26(35)24-18-39-27(31-24)32-8-13-37-14-9-32/h4-5,16,18,21H,3,6-15,17,19H2,1-2H3,(H,29,34)(H,30,35). The van der Waals surface area contributed by atoms with Crippen LogP contribution in [0.15, 0.2) is 28.9 Å². The maximum absolute atomic E-state index is 13.5. The second-order valence-corrected chi connectivity index (χ2v) is 10.6. The van der Waals surface area contributed by atoms with Crippen LogP contribution in [0.2, 0.25) is 0 Å². The summed E-state index contributed by atoms with van der Waals surface area (Å²) in [5.41, 5.74) is 1.95. The molecule has 2 N–H and O–H groups in total. The van der Waals surface area contributed by atoms with E-state index in [1.165, 1.54) is 6.26 Å². The Morgan fingerprint density at radius 2 is 1.77 bits per heavy atom. The molecule has 2 aromatic rings. The molecule has 3 saturated heterocycles. The van der Waals surface area contributed by atoms with Crippen molar-refractivity contribution in [2.45, 2.75) is 51.2 Å². The molecule has 1 unspecified atom stereocenters. The SMILES string of the molecule is CCC1(C)COCCN1Cc1ccc(NC(=O)c2coc(N3CCOCC3)n2)c(C(=O)NC2CCOCC2)c1. The van der Waals surface area contributed by atoms with E-state index < -0.39 is 5.91 Å². The van der Waals surface area contributed by atoms with Crippen molar-refractivity contribution >= 4 is 23.5 Å². The molecule has 11 heteroatoms. The van der Waals surface area contributed by atoms with E-state index in [1.807, 2.05) is 17.0 Å². The first-order valence-electron chi connectivity index (χ1n) is 13.9. The van der Waals surface area contributed by atoms with Crippen LogP contribution in [0.3, 0.4) is 0 Å². The van der Waals surface area contributed by atoms with Crippen molar-refractivity contribution < 1.29 is 28.2 Å². The third-order valence-corrected chi connectivity index (χ3v) is 7.96. The molecular formula is C28H39N5O6. The number of carbonyl (C=O) groups is 2. The monoisotopic (exact) mass is 541 g/mol. The zero-order valence-corrected chi connectivity index (χ0v) is 22.9. The van der Waals surface area contributed by atoms with E-state index in [0.29, 0.717) is 76.5 Å². The average Bonchev–Trinajstić information content (AvgIpc) is 3.47. The first-order chi connectivity index (χ1) is 18.9. The fraction of sp³-hybridized carbons (Fsp3) is 0.607. The largest absolute Gasteiger partial charge is 0.431 e. The Labute approximate surface area is 229 Å². The summed E-state index contributed by atoms with van der Waals surface area (Å²) in [6.07, 6.45) is 3.83. The fourth-order valence-corrected chi connectivity index (χ4v) is 5.19. The Morgan fingerprint density at radius 3 is 2.54 bits per heavy atom. The molecule has 1 aromatic heterocycles. The number of carbonyl (C=O) groups excluding carboxylic acids is 2. The molecule has 11 nitrogen and oxygen atoms in total. The van der Waals surface area contributed by atoms with Crippen LogP contribution >= 0.6 is 0 Å². The number of morpholine rings is 2. The normalized spacial score (nSPS) is 23.0. The van der Waals surface area contributed by atoms with E-state index in [1.54, 1.807) is 6.07 Å². The first-order valence-corrected chi connectivity index (χ1v) is 13.9. The van der Waals surface area contributed by atoms with Crippen LogP contribution < -0.4 is 15.5 Å². The van der Waals surface area contributed by atoms with Crippen molar-refractivity contribution in [1.82, 2.24) is 15.2 Å². The molecule has 0 saturated carbocycles. The van der Waals surface area contributed by atoms with Crippen molar-refractivity contribution in [3.63, 3.8) is 0 Å². The molecular weight excluding hydrogens is 502 g/mol. The Bertz CT molecular complexity index is 1140. The number of aromatic nitrogens is 1. The van der Waals surface area contributed by atoms with Gasteiger partial charge in [0.15, 0.2) is 5.69 Å². The van der Waals surface area contributed by atoms with Gasteiger partial charge in [0.05, 0.1) is 37.7 Å². The smallest absolute Gasteiger partial charge is 0.298 e. The van der Waals surface area contributed by atoms with Gasteiger partial charge in [0.2, 0.25) is 0 Å². The summed E-state index contributed by atoms with van der Waals surface area (Å²) in [6, 6.07) is 6.08. The van der Waals surface area contributed by atoms with Gasteiger partial charge in [-0.05, 0) is 43.9 Å². The lowest BCUT2D eigenvalue weighted by Gasteiger charge is -2.44. The number of ether oxygens (including phenoxy) is 3. The summed E-state index contributed by atoms with van der Waals surface area (Å²) in [6.45, 7) is 11.0. The molecule has 39 heavy (non-hydrogen) atoms. The summed E-state index contributed by atoms with van der Waals surface area (Å²) in [5.74, 6) is -0.647. The van der Waals surface area contributed by atoms with Crippen molar-refractivity contribution in [3.05, 3.63) is 41.3 Å². The van der Waals surface area contributed by atoms with Gasteiger partial charge in [-0.1, -0.05) is 13.0 Å². The molecule has 212 valence electrons. The molecule has 4 heterocycles. The van der Waals surface area contributed by atoms with Gasteiger partial charge < -0.3 is 34.2 Å². The van der Waals surface area contributed by atoms with Gasteiger partial charge in [-0.25, -0.2) is 0 Å². The van der Waals surface area contributed by atoms with Crippen molar-refractivity contribution in [1.29, 1.82) is 0 Å². The number of nitrogens with zero attached hydrogens (tertiary/aromatic N) is 3. The Balaban J connectivity index is 1.35. The Hall–Kier alpha value is -2.99. The highest BCUT2D eigenvalue weighted by Gasteiger charge is 2.33. The lowest BCUT2D eigenvalue weighted by Crippen LogP contribution is -2.54. The zero-order valence-electron chi connectivity index (χ0n) is 22.9. The highest BCUT2D eigenvalue weighted by Crippen LogP contribution is 2.27. The molecule has 3 aliphatic heterocycles. The zero-order chi connectivity index (χ0) is 27.2.